The predicted molar refractivity (Wildman–Crippen MR) is 109 cm³/mol. The third-order valence-corrected chi connectivity index (χ3v) is 4.75. The summed E-state index contributed by atoms with van der Waals surface area (Å²) in [5, 5.41) is 9.55. The van der Waals surface area contributed by atoms with Crippen LogP contribution in [-0.4, -0.2) is 21.4 Å². The number of amides is 1. The molecule has 1 aromatic heterocycles. The molecular formula is C22H20N4O2. The van der Waals surface area contributed by atoms with Gasteiger partial charge in [-0.15, -0.1) is 0 Å². The first-order valence-corrected chi connectivity index (χ1v) is 9.19. The van der Waals surface area contributed by atoms with E-state index < -0.39 is 5.91 Å². The summed E-state index contributed by atoms with van der Waals surface area (Å²) in [5.74, 6) is -0.427. The van der Waals surface area contributed by atoms with Crippen molar-refractivity contribution in [3.05, 3.63) is 87.9 Å². The maximum atomic E-state index is 12.8. The number of rotatable bonds is 4. The Morgan fingerprint density at radius 3 is 2.50 bits per heavy atom. The van der Waals surface area contributed by atoms with Crippen molar-refractivity contribution < 1.29 is 4.79 Å². The van der Waals surface area contributed by atoms with Gasteiger partial charge in [-0.2, -0.15) is 10.2 Å². The molecule has 1 amide bonds. The standard InChI is InChI=1S/C22H20N4O2/c1-15-11-12-17(13-15)23-24-21(27)20-18-9-5-6-10-19(18)22(28)26(25-20)14-16-7-3-2-4-8-16/h2-10,13H,11-12,14H2,1H3,(H,24,27)/b23-17+. The molecule has 140 valence electrons. The largest absolute Gasteiger partial charge is 0.292 e. The molecule has 0 atom stereocenters. The van der Waals surface area contributed by atoms with E-state index in [0.29, 0.717) is 17.3 Å². The molecule has 0 spiro atoms. The van der Waals surface area contributed by atoms with E-state index >= 15 is 0 Å². The minimum absolute atomic E-state index is 0.189. The number of aromatic nitrogens is 2. The Morgan fingerprint density at radius 1 is 1.07 bits per heavy atom. The van der Waals surface area contributed by atoms with Crippen molar-refractivity contribution in [2.75, 3.05) is 0 Å². The van der Waals surface area contributed by atoms with Crippen molar-refractivity contribution in [2.24, 2.45) is 5.10 Å². The van der Waals surface area contributed by atoms with Crippen LogP contribution in [0.25, 0.3) is 10.8 Å². The fraction of sp³-hybridized carbons (Fsp3) is 0.182. The Balaban J connectivity index is 1.73. The Kier molecular flexibility index (Phi) is 4.85. The monoisotopic (exact) mass is 372 g/mol. The average molecular weight is 372 g/mol. The van der Waals surface area contributed by atoms with Gasteiger partial charge in [0.25, 0.3) is 11.5 Å². The molecule has 0 bridgehead atoms. The molecule has 0 saturated heterocycles. The zero-order valence-electron chi connectivity index (χ0n) is 15.6. The number of allylic oxidation sites excluding steroid dienone is 2. The van der Waals surface area contributed by atoms with Gasteiger partial charge < -0.3 is 0 Å². The maximum absolute atomic E-state index is 12.8. The van der Waals surface area contributed by atoms with Gasteiger partial charge in [0.1, 0.15) is 0 Å². The molecule has 1 aliphatic carbocycles. The van der Waals surface area contributed by atoms with Crippen LogP contribution in [0.3, 0.4) is 0 Å². The number of benzene rings is 2. The second-order valence-corrected chi connectivity index (χ2v) is 6.88. The third kappa shape index (κ3) is 3.62. The van der Waals surface area contributed by atoms with Crippen molar-refractivity contribution in [2.45, 2.75) is 26.3 Å². The van der Waals surface area contributed by atoms with E-state index in [2.05, 4.69) is 15.6 Å². The van der Waals surface area contributed by atoms with Gasteiger partial charge in [0.05, 0.1) is 17.6 Å². The maximum Gasteiger partial charge on any atom is 0.292 e. The number of nitrogens with zero attached hydrogens (tertiary/aromatic N) is 3. The molecule has 6 nitrogen and oxygen atoms in total. The van der Waals surface area contributed by atoms with Gasteiger partial charge in [-0.05, 0) is 37.5 Å². The second kappa shape index (κ2) is 7.60. The van der Waals surface area contributed by atoms with Crippen LogP contribution in [0, 0.1) is 0 Å². The first kappa shape index (κ1) is 17.9. The molecule has 0 aliphatic heterocycles. The summed E-state index contributed by atoms with van der Waals surface area (Å²) in [5.41, 5.74) is 5.57. The minimum Gasteiger partial charge on any atom is -0.267 e. The highest BCUT2D eigenvalue weighted by molar-refractivity contribution is 6.05. The molecule has 6 heteroatoms. The smallest absolute Gasteiger partial charge is 0.267 e. The molecule has 0 unspecified atom stereocenters. The number of nitrogens with one attached hydrogen (secondary N) is 1. The second-order valence-electron chi connectivity index (χ2n) is 6.88. The fourth-order valence-electron chi connectivity index (χ4n) is 3.28. The molecule has 0 radical (unpaired) electrons. The minimum atomic E-state index is -0.427. The van der Waals surface area contributed by atoms with E-state index in [1.54, 1.807) is 24.3 Å². The normalized spacial score (nSPS) is 15.0. The Morgan fingerprint density at radius 2 is 1.79 bits per heavy atom. The van der Waals surface area contributed by atoms with Crippen molar-refractivity contribution in [3.8, 4) is 0 Å². The Hall–Kier alpha value is -3.54. The van der Waals surface area contributed by atoms with Gasteiger partial charge in [-0.1, -0.05) is 54.1 Å². The van der Waals surface area contributed by atoms with Gasteiger partial charge in [0.2, 0.25) is 0 Å². The van der Waals surface area contributed by atoms with Crippen LogP contribution in [-0.2, 0) is 6.54 Å². The summed E-state index contributed by atoms with van der Waals surface area (Å²) in [4.78, 5) is 25.6. The number of hydrazone groups is 1. The van der Waals surface area contributed by atoms with Gasteiger partial charge in [0, 0.05) is 5.39 Å². The van der Waals surface area contributed by atoms with Gasteiger partial charge >= 0.3 is 0 Å². The Labute approximate surface area is 162 Å². The van der Waals surface area contributed by atoms with E-state index in [1.807, 2.05) is 43.3 Å². The molecule has 2 aromatic carbocycles. The molecule has 1 aliphatic rings. The molecule has 0 fully saturated rings. The summed E-state index contributed by atoms with van der Waals surface area (Å²) >= 11 is 0. The van der Waals surface area contributed by atoms with Gasteiger partial charge in [-0.25, -0.2) is 10.1 Å². The highest BCUT2D eigenvalue weighted by Crippen LogP contribution is 2.16. The molecule has 1 heterocycles. The summed E-state index contributed by atoms with van der Waals surface area (Å²) in [7, 11) is 0. The first-order valence-electron chi connectivity index (χ1n) is 9.19. The van der Waals surface area contributed by atoms with Gasteiger partial charge in [-0.3, -0.25) is 9.59 Å². The topological polar surface area (TPSA) is 76.3 Å². The van der Waals surface area contributed by atoms with Crippen molar-refractivity contribution in [1.82, 2.24) is 15.2 Å². The summed E-state index contributed by atoms with van der Waals surface area (Å²) < 4.78 is 1.33. The number of carbonyl (C=O) groups excluding carboxylic acids is 1. The van der Waals surface area contributed by atoms with Crippen LogP contribution in [0.4, 0.5) is 0 Å². The first-order chi connectivity index (χ1) is 13.6. The lowest BCUT2D eigenvalue weighted by molar-refractivity contribution is 0.0949. The highest BCUT2D eigenvalue weighted by atomic mass is 16.2. The number of hydrogen-bond donors (Lipinski definition) is 1. The van der Waals surface area contributed by atoms with Crippen molar-refractivity contribution >= 4 is 22.4 Å². The zero-order valence-corrected chi connectivity index (χ0v) is 15.6. The van der Waals surface area contributed by atoms with Crippen LogP contribution < -0.4 is 11.0 Å². The van der Waals surface area contributed by atoms with Crippen molar-refractivity contribution in [3.63, 3.8) is 0 Å². The van der Waals surface area contributed by atoms with Crippen LogP contribution in [0.1, 0.15) is 35.8 Å². The quantitative estimate of drug-likeness (QED) is 0.714. The number of hydrogen-bond acceptors (Lipinski definition) is 4. The lowest BCUT2D eigenvalue weighted by atomic mass is 10.1. The van der Waals surface area contributed by atoms with Crippen molar-refractivity contribution in [1.29, 1.82) is 0 Å². The van der Waals surface area contributed by atoms with Crippen LogP contribution >= 0.6 is 0 Å². The van der Waals surface area contributed by atoms with E-state index in [0.717, 1.165) is 24.1 Å². The highest BCUT2D eigenvalue weighted by Gasteiger charge is 2.17. The summed E-state index contributed by atoms with van der Waals surface area (Å²) in [6.07, 6.45) is 3.74. The summed E-state index contributed by atoms with van der Waals surface area (Å²) in [6, 6.07) is 16.6. The molecule has 0 saturated carbocycles. The predicted octanol–water partition coefficient (Wildman–Crippen LogP) is 3.27. The Bertz CT molecular complexity index is 1160. The number of carbonyl (C=O) groups is 1. The molecular weight excluding hydrogens is 352 g/mol. The fourth-order valence-corrected chi connectivity index (χ4v) is 3.28. The lowest BCUT2D eigenvalue weighted by Gasteiger charge is -2.10. The lowest BCUT2D eigenvalue weighted by Crippen LogP contribution is -2.29. The van der Waals surface area contributed by atoms with E-state index in [9.17, 15) is 9.59 Å². The van der Waals surface area contributed by atoms with Gasteiger partial charge in [0.15, 0.2) is 5.69 Å². The average Bonchev–Trinajstić information content (AvgIpc) is 3.14. The number of fused-ring (bicyclic) bond motifs is 1. The van der Waals surface area contributed by atoms with E-state index in [4.69, 9.17) is 0 Å². The van der Waals surface area contributed by atoms with Crippen LogP contribution in [0.2, 0.25) is 0 Å². The van der Waals surface area contributed by atoms with Crippen LogP contribution in [0.15, 0.2) is 76.1 Å². The third-order valence-electron chi connectivity index (χ3n) is 4.75. The van der Waals surface area contributed by atoms with E-state index in [1.165, 1.54) is 10.3 Å². The molecule has 3 aromatic rings. The molecule has 4 rings (SSSR count). The SMILES string of the molecule is CC1=C/C(=N/NC(=O)c2nn(Cc3ccccc3)c(=O)c3ccccc23)CC1. The molecule has 28 heavy (non-hydrogen) atoms. The summed E-state index contributed by atoms with van der Waals surface area (Å²) in [6.45, 7) is 2.33. The van der Waals surface area contributed by atoms with Crippen LogP contribution in [0.5, 0.6) is 0 Å². The van der Waals surface area contributed by atoms with E-state index in [-0.39, 0.29) is 11.3 Å². The zero-order chi connectivity index (χ0) is 19.5. The molecule has 1 N–H and O–H groups in total.